The Labute approximate surface area is 333 Å². The lowest BCUT2D eigenvalue weighted by molar-refractivity contribution is -0.386. The molecule has 59 heavy (non-hydrogen) atoms. The molecule has 344 valence electrons. The van der Waals surface area contributed by atoms with Crippen molar-refractivity contribution in [3.05, 3.63) is 0 Å². The molecule has 1 amide bonds. The maximum absolute atomic E-state index is 12.4. The summed E-state index contributed by atoms with van der Waals surface area (Å²) in [6, 6.07) is -1.71. The molecule has 17 N–H and O–H groups in total. The molecular weight excluding hydrogens is 814 g/mol. The predicted molar refractivity (Wildman–Crippen MR) is 178 cm³/mol. The molecule has 27 heteroatoms. The molecule has 5 aliphatic heterocycles. The van der Waals surface area contributed by atoms with E-state index in [0.717, 1.165) is 6.92 Å². The molecule has 0 spiro atoms. The average molecular weight is 870 g/mol. The number of rotatable bonds is 14. The van der Waals surface area contributed by atoms with E-state index in [1.54, 1.807) is 0 Å². The van der Waals surface area contributed by atoms with E-state index in [2.05, 4.69) is 5.32 Å². The van der Waals surface area contributed by atoms with Crippen LogP contribution in [0, 0.1) is 0 Å². The van der Waals surface area contributed by atoms with E-state index in [9.17, 15) is 86.5 Å². The van der Waals surface area contributed by atoms with E-state index >= 15 is 0 Å². The summed E-state index contributed by atoms with van der Waals surface area (Å²) in [7, 11) is 0. The zero-order chi connectivity index (χ0) is 43.6. The van der Waals surface area contributed by atoms with Crippen LogP contribution in [-0.4, -0.2) is 274 Å². The molecular formula is C32H55NO26. The number of hydrogen-bond donors (Lipinski definition) is 17. The minimum Gasteiger partial charge on any atom is -0.394 e. The smallest absolute Gasteiger partial charge is 0.217 e. The highest BCUT2D eigenvalue weighted by molar-refractivity contribution is 5.73. The minimum atomic E-state index is -2.10. The van der Waals surface area contributed by atoms with Gasteiger partial charge in [-0.25, -0.2) is 0 Å². The Morgan fingerprint density at radius 2 is 0.780 bits per heavy atom. The van der Waals surface area contributed by atoms with Crippen molar-refractivity contribution < 1.29 is 129 Å². The molecule has 5 saturated heterocycles. The number of hydrogen-bond acceptors (Lipinski definition) is 26. The second kappa shape index (κ2) is 20.8. The third-order valence-corrected chi connectivity index (χ3v) is 10.7. The Morgan fingerprint density at radius 3 is 1.27 bits per heavy atom. The van der Waals surface area contributed by atoms with Crippen molar-refractivity contribution in [2.75, 3.05) is 33.0 Å². The van der Waals surface area contributed by atoms with Crippen molar-refractivity contribution in [2.45, 2.75) is 160 Å². The van der Waals surface area contributed by atoms with E-state index in [0.29, 0.717) is 0 Å². The number of carbonyl (C=O) groups is 1. The lowest BCUT2D eigenvalue weighted by atomic mass is 9.94. The van der Waals surface area contributed by atoms with Crippen LogP contribution in [0.15, 0.2) is 0 Å². The molecule has 0 unspecified atom stereocenters. The van der Waals surface area contributed by atoms with E-state index in [-0.39, 0.29) is 0 Å². The monoisotopic (exact) mass is 869 g/mol. The van der Waals surface area contributed by atoms with Crippen LogP contribution in [0.5, 0.6) is 0 Å². The summed E-state index contributed by atoms with van der Waals surface area (Å²) in [4.78, 5) is 12.4. The van der Waals surface area contributed by atoms with Gasteiger partial charge in [0, 0.05) is 6.92 Å². The van der Waals surface area contributed by atoms with Crippen molar-refractivity contribution in [1.29, 1.82) is 0 Å². The zero-order valence-corrected chi connectivity index (χ0v) is 31.2. The van der Waals surface area contributed by atoms with Gasteiger partial charge in [-0.3, -0.25) is 4.79 Å². The molecule has 5 heterocycles. The predicted octanol–water partition coefficient (Wildman–Crippen LogP) is -11.8. The van der Waals surface area contributed by atoms with Crippen molar-refractivity contribution in [2.24, 2.45) is 0 Å². The Hall–Kier alpha value is -1.53. The fourth-order valence-corrected chi connectivity index (χ4v) is 7.43. The number of aliphatic hydroxyl groups is 16. The van der Waals surface area contributed by atoms with Crippen LogP contribution < -0.4 is 5.32 Å². The lowest BCUT2D eigenvalue weighted by Gasteiger charge is -2.50. The first-order chi connectivity index (χ1) is 27.9. The number of ether oxygens (including phenoxy) is 9. The Morgan fingerprint density at radius 1 is 0.407 bits per heavy atom. The number of carbonyl (C=O) groups excluding carboxylic acids is 1. The maximum atomic E-state index is 12.4. The number of amides is 1. The van der Waals surface area contributed by atoms with E-state index in [1.165, 1.54) is 0 Å². The van der Waals surface area contributed by atoms with Crippen LogP contribution >= 0.6 is 0 Å². The topological polar surface area (TPSA) is 436 Å². The summed E-state index contributed by atoms with van der Waals surface area (Å²) >= 11 is 0. The molecule has 27 nitrogen and oxygen atoms in total. The van der Waals surface area contributed by atoms with Crippen molar-refractivity contribution in [3.8, 4) is 0 Å². The SMILES string of the molecule is CC(=O)N[C@H]1[C@H](O[C@H]2[C@@H](O)[C@@H](CO)O[C@@H](O[C@H]3[C@H](O)[C@@H](O)[C@@H](O)O[C@@H]3CO)[C@@H]2O)O[C@H](CO)[C@@H](O[C@@H]2O[C@H](CO)[C@H](O[C@H]3O[C@H](CO)[C@H](O)[C@H](O)[C@H]3O)[C@H](O)[C@H]2O)[C@@H]1O. The highest BCUT2D eigenvalue weighted by atomic mass is 16.8. The second-order valence-electron chi connectivity index (χ2n) is 14.7. The highest BCUT2D eigenvalue weighted by Crippen LogP contribution is 2.35. The molecule has 0 radical (unpaired) electrons. The highest BCUT2D eigenvalue weighted by Gasteiger charge is 2.56. The summed E-state index contributed by atoms with van der Waals surface area (Å²) in [5.41, 5.74) is 0. The average Bonchev–Trinajstić information content (AvgIpc) is 3.21. The first kappa shape index (κ1) is 48.5. The summed E-state index contributed by atoms with van der Waals surface area (Å²) in [5.74, 6) is -0.810. The van der Waals surface area contributed by atoms with Crippen molar-refractivity contribution in [3.63, 3.8) is 0 Å². The van der Waals surface area contributed by atoms with Gasteiger partial charge in [0.1, 0.15) is 122 Å². The van der Waals surface area contributed by atoms with Gasteiger partial charge >= 0.3 is 0 Å². The fourth-order valence-electron chi connectivity index (χ4n) is 7.43. The second-order valence-corrected chi connectivity index (χ2v) is 14.7. The van der Waals surface area contributed by atoms with Crippen LogP contribution in [-0.2, 0) is 47.4 Å². The molecule has 0 bridgehead atoms. The molecule has 0 aliphatic carbocycles. The van der Waals surface area contributed by atoms with E-state index in [1.807, 2.05) is 0 Å². The van der Waals surface area contributed by atoms with Crippen molar-refractivity contribution >= 4 is 5.91 Å². The van der Waals surface area contributed by atoms with Gasteiger partial charge in [0.2, 0.25) is 5.91 Å². The molecule has 0 aromatic heterocycles. The summed E-state index contributed by atoms with van der Waals surface area (Å²) in [6.45, 7) is -3.54. The fraction of sp³-hybridized carbons (Fsp3) is 0.969. The molecule has 5 rings (SSSR count). The quantitative estimate of drug-likeness (QED) is 0.0770. The molecule has 0 aromatic carbocycles. The van der Waals surface area contributed by atoms with Gasteiger partial charge in [-0.2, -0.15) is 0 Å². The normalized spacial score (nSPS) is 51.0. The first-order valence-electron chi connectivity index (χ1n) is 18.6. The molecule has 0 saturated carbocycles. The number of aliphatic hydroxyl groups excluding tert-OH is 16. The van der Waals surface area contributed by atoms with Gasteiger partial charge in [0.15, 0.2) is 31.5 Å². The Balaban J connectivity index is 1.32. The van der Waals surface area contributed by atoms with Crippen LogP contribution in [0.4, 0.5) is 0 Å². The van der Waals surface area contributed by atoms with Gasteiger partial charge in [-0.15, -0.1) is 0 Å². The maximum Gasteiger partial charge on any atom is 0.217 e. The Kier molecular flexibility index (Phi) is 17.1. The summed E-state index contributed by atoms with van der Waals surface area (Å²) < 4.78 is 50.0. The van der Waals surface area contributed by atoms with Crippen LogP contribution in [0.3, 0.4) is 0 Å². The minimum absolute atomic E-state index is 0.810. The van der Waals surface area contributed by atoms with Crippen LogP contribution in [0.25, 0.3) is 0 Å². The molecule has 0 aromatic rings. The summed E-state index contributed by atoms with van der Waals surface area (Å²) in [6.07, 6.45) is -43.9. The van der Waals surface area contributed by atoms with Crippen LogP contribution in [0.2, 0.25) is 0 Å². The molecule has 25 atom stereocenters. The third kappa shape index (κ3) is 10.2. The van der Waals surface area contributed by atoms with Gasteiger partial charge < -0.3 is 130 Å². The Bertz CT molecular complexity index is 1320. The largest absolute Gasteiger partial charge is 0.394 e. The third-order valence-electron chi connectivity index (χ3n) is 10.7. The van der Waals surface area contributed by atoms with Crippen molar-refractivity contribution in [1.82, 2.24) is 5.32 Å². The van der Waals surface area contributed by atoms with Gasteiger partial charge in [-0.1, -0.05) is 0 Å². The molecule has 5 fully saturated rings. The first-order valence-corrected chi connectivity index (χ1v) is 18.6. The van der Waals surface area contributed by atoms with E-state index < -0.39 is 192 Å². The molecule has 5 aliphatic rings. The van der Waals surface area contributed by atoms with Gasteiger partial charge in [0.25, 0.3) is 0 Å². The van der Waals surface area contributed by atoms with Gasteiger partial charge in [0.05, 0.1) is 33.0 Å². The summed E-state index contributed by atoms with van der Waals surface area (Å²) in [5, 5.41) is 169. The van der Waals surface area contributed by atoms with E-state index in [4.69, 9.17) is 42.6 Å². The standard InChI is InChI=1S/C32H55NO26/c1-7(39)33-13-16(42)24(56-31-22(48)19(45)26(12(6-38)55-31)57-30-21(47)17(43)14(40)8(2-34)52-30)11(5-37)54-29(13)59-27-15(41)9(3-35)53-32(23(27)49)58-25-10(4-36)51-28(50)20(46)18(25)44/h8-32,34-38,40-50H,2-6H2,1H3,(H,33,39)/t8-,9-,10-,11-,12-,13-,14+,15+,16-,17+,18-,19-,20-,21-,22-,23-,24-,25-,26+,27+,28+,29+,30-,31+,32+/m1/s1. The number of nitrogens with one attached hydrogen (secondary N) is 1. The van der Waals surface area contributed by atoms with Gasteiger partial charge in [-0.05, 0) is 0 Å². The van der Waals surface area contributed by atoms with Crippen LogP contribution in [0.1, 0.15) is 6.92 Å². The lowest BCUT2D eigenvalue weighted by Crippen LogP contribution is -2.70. The zero-order valence-electron chi connectivity index (χ0n) is 31.2.